The molecule has 0 saturated heterocycles. The lowest BCUT2D eigenvalue weighted by Crippen LogP contribution is -2.41. The largest absolute Gasteiger partial charge is 0.530 e. The summed E-state index contributed by atoms with van der Waals surface area (Å²) < 4.78 is 12.2. The van der Waals surface area contributed by atoms with Gasteiger partial charge in [-0.25, -0.2) is 0 Å². The average molecular weight is 365 g/mol. The second-order valence-electron chi connectivity index (χ2n) is 4.63. The predicted molar refractivity (Wildman–Crippen MR) is 84.1 cm³/mol. The van der Waals surface area contributed by atoms with E-state index in [0.29, 0.717) is 11.5 Å². The lowest BCUT2D eigenvalue weighted by atomic mass is 10.3. The van der Waals surface area contributed by atoms with Gasteiger partial charge in [-0.05, 0) is 49.4 Å². The fourth-order valence-electron chi connectivity index (χ4n) is 1.75. The highest BCUT2D eigenvalue weighted by molar-refractivity contribution is 9.10. The Morgan fingerprint density at radius 2 is 1.86 bits per heavy atom. The van der Waals surface area contributed by atoms with Crippen LogP contribution in [0.4, 0.5) is 4.79 Å². The van der Waals surface area contributed by atoms with Crippen LogP contribution in [0.2, 0.25) is 0 Å². The first-order chi connectivity index (χ1) is 10.5. The van der Waals surface area contributed by atoms with E-state index in [1.807, 2.05) is 24.3 Å². The van der Waals surface area contributed by atoms with E-state index >= 15 is 0 Å². The van der Waals surface area contributed by atoms with Crippen molar-refractivity contribution in [1.29, 1.82) is 0 Å². The lowest BCUT2D eigenvalue weighted by Gasteiger charge is -2.16. The predicted octanol–water partition coefficient (Wildman–Crippen LogP) is 2.94. The zero-order valence-corrected chi connectivity index (χ0v) is 13.5. The first-order valence-corrected chi connectivity index (χ1v) is 7.47. The number of halogens is 1. The number of benzene rings is 2. The molecule has 0 fully saturated rings. The molecular weight excluding hydrogens is 350 g/mol. The van der Waals surface area contributed by atoms with Crippen molar-refractivity contribution in [1.82, 2.24) is 5.32 Å². The van der Waals surface area contributed by atoms with Crippen LogP contribution in [0, 0.1) is 0 Å². The Morgan fingerprint density at radius 3 is 2.50 bits per heavy atom. The molecule has 0 heterocycles. The van der Waals surface area contributed by atoms with Crippen LogP contribution < -0.4 is 19.9 Å². The van der Waals surface area contributed by atoms with Crippen LogP contribution in [0.1, 0.15) is 6.92 Å². The minimum absolute atomic E-state index is 0.165. The smallest absolute Gasteiger partial charge is 0.134 e. The first-order valence-electron chi connectivity index (χ1n) is 6.68. The van der Waals surface area contributed by atoms with Gasteiger partial charge in [-0.2, -0.15) is 0 Å². The molecule has 2 rings (SSSR count). The Bertz CT molecular complexity index is 630. The van der Waals surface area contributed by atoms with Gasteiger partial charge in [0.2, 0.25) is 0 Å². The van der Waals surface area contributed by atoms with Gasteiger partial charge in [0.1, 0.15) is 29.4 Å². The van der Waals surface area contributed by atoms with Crippen LogP contribution in [-0.2, 0) is 0 Å². The Hall–Kier alpha value is -2.21. The highest BCUT2D eigenvalue weighted by atomic mass is 79.9. The van der Waals surface area contributed by atoms with Gasteiger partial charge in [0, 0.05) is 4.47 Å². The molecule has 0 aliphatic carbocycles. The summed E-state index contributed by atoms with van der Waals surface area (Å²) in [6, 6.07) is 14.7. The molecule has 1 N–H and O–H groups in total. The van der Waals surface area contributed by atoms with Crippen LogP contribution in [0.5, 0.6) is 17.2 Å². The lowest BCUT2D eigenvalue weighted by molar-refractivity contribution is -0.251. The molecule has 0 saturated carbocycles. The van der Waals surface area contributed by atoms with Gasteiger partial charge in [0.25, 0.3) is 0 Å². The zero-order valence-electron chi connectivity index (χ0n) is 11.9. The molecule has 116 valence electrons. The van der Waals surface area contributed by atoms with Crippen molar-refractivity contribution in [2.24, 2.45) is 0 Å². The number of nitrogens with one attached hydrogen (secondary N) is 1. The second kappa shape index (κ2) is 7.70. The van der Waals surface area contributed by atoms with E-state index in [-0.39, 0.29) is 12.6 Å². The number of carbonyl (C=O) groups excluding carboxylic acids is 1. The van der Waals surface area contributed by atoms with Gasteiger partial charge in [0.05, 0.1) is 6.54 Å². The summed E-state index contributed by atoms with van der Waals surface area (Å²) in [5, 5.41) is 12.5. The number of ether oxygens (including phenoxy) is 2. The maximum atomic E-state index is 10.3. The van der Waals surface area contributed by atoms with Gasteiger partial charge in [0.15, 0.2) is 0 Å². The summed E-state index contributed by atoms with van der Waals surface area (Å²) >= 11 is 3.39. The number of hydrogen-bond donors (Lipinski definition) is 1. The second-order valence-corrected chi connectivity index (χ2v) is 5.54. The summed E-state index contributed by atoms with van der Waals surface area (Å²) in [7, 11) is 0. The molecule has 22 heavy (non-hydrogen) atoms. The third kappa shape index (κ3) is 5.29. The standard InChI is InChI=1S/C16H16BrNO4/c1-11(10-18-16(19)20)21-13-5-7-14(8-6-13)22-15-4-2-3-12(17)9-15/h2-9,11,18H,10H2,1H3,(H,19,20)/p-1. The normalized spacial score (nSPS) is 11.5. The minimum atomic E-state index is -1.31. The van der Waals surface area contributed by atoms with Crippen LogP contribution in [0.3, 0.4) is 0 Å². The van der Waals surface area contributed by atoms with Crippen molar-refractivity contribution in [2.75, 3.05) is 6.54 Å². The van der Waals surface area contributed by atoms with Crippen molar-refractivity contribution in [2.45, 2.75) is 13.0 Å². The van der Waals surface area contributed by atoms with E-state index in [4.69, 9.17) is 9.47 Å². The van der Waals surface area contributed by atoms with Gasteiger partial charge in [-0.3, -0.25) is 0 Å². The van der Waals surface area contributed by atoms with Crippen LogP contribution >= 0.6 is 15.9 Å². The fourth-order valence-corrected chi connectivity index (χ4v) is 2.13. The Morgan fingerprint density at radius 1 is 1.18 bits per heavy atom. The maximum absolute atomic E-state index is 10.3. The number of rotatable bonds is 6. The summed E-state index contributed by atoms with van der Waals surface area (Å²) in [5.41, 5.74) is 0. The molecule has 0 spiro atoms. The number of hydrogen-bond acceptors (Lipinski definition) is 4. The molecule has 1 amide bonds. The maximum Gasteiger partial charge on any atom is 0.134 e. The molecule has 5 nitrogen and oxygen atoms in total. The van der Waals surface area contributed by atoms with E-state index in [2.05, 4.69) is 21.2 Å². The molecule has 2 aromatic rings. The highest BCUT2D eigenvalue weighted by Gasteiger charge is 2.04. The van der Waals surface area contributed by atoms with Crippen molar-refractivity contribution in [3.05, 3.63) is 53.0 Å². The molecule has 1 atom stereocenters. The summed E-state index contributed by atoms with van der Waals surface area (Å²) in [6.07, 6.45) is -1.61. The molecule has 2 aromatic carbocycles. The molecule has 0 radical (unpaired) electrons. The number of carboxylic acid groups (broad SMARTS) is 1. The zero-order chi connectivity index (χ0) is 15.9. The van der Waals surface area contributed by atoms with Gasteiger partial charge in [-0.15, -0.1) is 0 Å². The molecular formula is C16H15BrNO4-. The van der Waals surface area contributed by atoms with Crippen LogP contribution in [0.15, 0.2) is 53.0 Å². The van der Waals surface area contributed by atoms with Crippen molar-refractivity contribution < 1.29 is 19.4 Å². The van der Waals surface area contributed by atoms with Gasteiger partial charge in [-0.1, -0.05) is 22.0 Å². The summed E-state index contributed by atoms with van der Waals surface area (Å²) in [6.45, 7) is 1.93. The molecule has 0 bridgehead atoms. The monoisotopic (exact) mass is 364 g/mol. The van der Waals surface area contributed by atoms with Gasteiger partial charge >= 0.3 is 0 Å². The molecule has 0 aromatic heterocycles. The third-order valence-corrected chi connectivity index (χ3v) is 3.22. The van der Waals surface area contributed by atoms with Crippen LogP contribution in [-0.4, -0.2) is 18.7 Å². The first kappa shape index (κ1) is 16.2. The average Bonchev–Trinajstić information content (AvgIpc) is 2.47. The number of carbonyl (C=O) groups is 1. The van der Waals surface area contributed by atoms with Crippen molar-refractivity contribution >= 4 is 22.0 Å². The van der Waals surface area contributed by atoms with E-state index in [1.165, 1.54) is 0 Å². The SMILES string of the molecule is CC(CNC(=O)[O-])Oc1ccc(Oc2cccc(Br)c2)cc1. The third-order valence-electron chi connectivity index (χ3n) is 2.73. The molecule has 1 unspecified atom stereocenters. The Kier molecular flexibility index (Phi) is 5.66. The Labute approximate surface area is 137 Å². The van der Waals surface area contributed by atoms with Crippen molar-refractivity contribution in [3.8, 4) is 17.2 Å². The topological polar surface area (TPSA) is 70.6 Å². The summed E-state index contributed by atoms with van der Waals surface area (Å²) in [4.78, 5) is 10.3. The number of amides is 1. The van der Waals surface area contributed by atoms with E-state index in [9.17, 15) is 9.90 Å². The molecule has 0 aliphatic rings. The van der Waals surface area contributed by atoms with Crippen LogP contribution in [0.25, 0.3) is 0 Å². The van der Waals surface area contributed by atoms with Crippen molar-refractivity contribution in [3.63, 3.8) is 0 Å². The molecule has 6 heteroatoms. The quantitative estimate of drug-likeness (QED) is 0.855. The minimum Gasteiger partial charge on any atom is -0.530 e. The van der Waals surface area contributed by atoms with E-state index in [1.54, 1.807) is 31.2 Å². The highest BCUT2D eigenvalue weighted by Crippen LogP contribution is 2.26. The molecule has 0 aliphatic heterocycles. The van der Waals surface area contributed by atoms with E-state index < -0.39 is 6.09 Å². The fraction of sp³-hybridized carbons (Fsp3) is 0.188. The Balaban J connectivity index is 1.91. The summed E-state index contributed by atoms with van der Waals surface area (Å²) in [5.74, 6) is 2.05. The van der Waals surface area contributed by atoms with E-state index in [0.717, 1.165) is 10.2 Å². The van der Waals surface area contributed by atoms with Gasteiger partial charge < -0.3 is 24.7 Å².